The molecule has 0 aliphatic rings. The molecule has 0 aliphatic heterocycles. The van der Waals surface area contributed by atoms with Crippen molar-refractivity contribution in [2.75, 3.05) is 6.54 Å². The van der Waals surface area contributed by atoms with Crippen molar-refractivity contribution in [3.8, 4) is 0 Å². The summed E-state index contributed by atoms with van der Waals surface area (Å²) >= 11 is 7.76. The quantitative estimate of drug-likeness (QED) is 0.874. The van der Waals surface area contributed by atoms with E-state index < -0.39 is 6.10 Å². The Morgan fingerprint density at radius 3 is 2.72 bits per heavy atom. The number of rotatable bonds is 5. The monoisotopic (exact) mass is 281 g/mol. The van der Waals surface area contributed by atoms with Gasteiger partial charge in [-0.05, 0) is 24.4 Å². The Kier molecular flexibility index (Phi) is 4.78. The van der Waals surface area contributed by atoms with E-state index >= 15 is 0 Å². The van der Waals surface area contributed by atoms with Crippen LogP contribution in [0.3, 0.4) is 0 Å². The minimum Gasteiger partial charge on any atom is -0.387 e. The van der Waals surface area contributed by atoms with E-state index in [9.17, 15) is 5.11 Å². The molecule has 1 unspecified atom stereocenters. The summed E-state index contributed by atoms with van der Waals surface area (Å²) in [6, 6.07) is 11.7. The van der Waals surface area contributed by atoms with E-state index in [4.69, 9.17) is 11.6 Å². The maximum absolute atomic E-state index is 10.1. The second-order valence-corrected chi connectivity index (χ2v) is 5.57. The van der Waals surface area contributed by atoms with Crippen molar-refractivity contribution in [1.29, 1.82) is 0 Å². The number of thiophene rings is 1. The highest BCUT2D eigenvalue weighted by Crippen LogP contribution is 2.23. The summed E-state index contributed by atoms with van der Waals surface area (Å²) in [5.41, 5.74) is 0.769. The van der Waals surface area contributed by atoms with Crippen LogP contribution in [-0.2, 0) is 0 Å². The average Bonchev–Trinajstić information content (AvgIpc) is 2.90. The SMILES string of the molecule is C[C@@H](NCC(O)c1ccccc1Cl)c1cccs1. The van der Waals surface area contributed by atoms with Crippen molar-refractivity contribution in [1.82, 2.24) is 5.32 Å². The molecule has 0 saturated heterocycles. The van der Waals surface area contributed by atoms with Crippen LogP contribution in [0, 0.1) is 0 Å². The smallest absolute Gasteiger partial charge is 0.0928 e. The summed E-state index contributed by atoms with van der Waals surface area (Å²) in [5.74, 6) is 0. The van der Waals surface area contributed by atoms with Crippen LogP contribution in [0.25, 0.3) is 0 Å². The number of benzene rings is 1. The van der Waals surface area contributed by atoms with E-state index in [1.807, 2.05) is 24.3 Å². The average molecular weight is 282 g/mol. The number of aliphatic hydroxyl groups excluding tert-OH is 1. The Morgan fingerprint density at radius 2 is 2.06 bits per heavy atom. The molecule has 0 saturated carbocycles. The van der Waals surface area contributed by atoms with E-state index in [1.54, 1.807) is 17.4 Å². The van der Waals surface area contributed by atoms with Crippen LogP contribution in [0.2, 0.25) is 5.02 Å². The summed E-state index contributed by atoms with van der Waals surface area (Å²) in [7, 11) is 0. The number of nitrogens with one attached hydrogen (secondary N) is 1. The molecule has 0 bridgehead atoms. The zero-order chi connectivity index (χ0) is 13.0. The third-order valence-electron chi connectivity index (χ3n) is 2.85. The summed E-state index contributed by atoms with van der Waals surface area (Å²) in [6.45, 7) is 2.58. The first-order valence-electron chi connectivity index (χ1n) is 5.87. The van der Waals surface area contributed by atoms with Gasteiger partial charge in [0, 0.05) is 28.0 Å². The predicted octanol–water partition coefficient (Wildman–Crippen LogP) is 3.79. The van der Waals surface area contributed by atoms with Crippen LogP contribution in [0.5, 0.6) is 0 Å². The zero-order valence-electron chi connectivity index (χ0n) is 10.1. The third kappa shape index (κ3) is 3.33. The van der Waals surface area contributed by atoms with Crippen LogP contribution in [0.15, 0.2) is 41.8 Å². The molecule has 0 aliphatic carbocycles. The maximum atomic E-state index is 10.1. The standard InChI is InChI=1S/C14H16ClNOS/c1-10(14-7-4-8-18-14)16-9-13(17)11-5-2-3-6-12(11)15/h2-8,10,13,16-17H,9H2,1H3/t10-,13?/m1/s1. The molecule has 2 aromatic rings. The van der Waals surface area contributed by atoms with E-state index in [0.29, 0.717) is 11.6 Å². The van der Waals surface area contributed by atoms with E-state index in [0.717, 1.165) is 5.56 Å². The first-order valence-corrected chi connectivity index (χ1v) is 7.13. The molecular weight excluding hydrogens is 266 g/mol. The van der Waals surface area contributed by atoms with E-state index in [1.165, 1.54) is 4.88 Å². The largest absolute Gasteiger partial charge is 0.387 e. The predicted molar refractivity (Wildman–Crippen MR) is 77.1 cm³/mol. The minimum absolute atomic E-state index is 0.238. The van der Waals surface area contributed by atoms with E-state index in [2.05, 4.69) is 23.7 Å². The molecule has 96 valence electrons. The number of hydrogen-bond donors (Lipinski definition) is 2. The van der Waals surface area contributed by atoms with Crippen LogP contribution in [0.1, 0.15) is 29.5 Å². The van der Waals surface area contributed by atoms with Crippen molar-refractivity contribution in [2.45, 2.75) is 19.1 Å². The van der Waals surface area contributed by atoms with Gasteiger partial charge in [0.05, 0.1) is 6.10 Å². The summed E-state index contributed by atoms with van der Waals surface area (Å²) in [6.07, 6.45) is -0.582. The first-order chi connectivity index (χ1) is 8.68. The molecule has 2 atom stereocenters. The molecule has 4 heteroatoms. The molecule has 0 spiro atoms. The summed E-state index contributed by atoms with van der Waals surface area (Å²) in [5, 5.41) is 16.1. The Bertz CT molecular complexity index is 486. The first kappa shape index (κ1) is 13.6. The fourth-order valence-corrected chi connectivity index (χ4v) is 2.80. The second-order valence-electron chi connectivity index (χ2n) is 4.18. The lowest BCUT2D eigenvalue weighted by atomic mass is 10.1. The molecule has 0 radical (unpaired) electrons. The number of aliphatic hydroxyl groups is 1. The highest BCUT2D eigenvalue weighted by atomic mass is 35.5. The Balaban J connectivity index is 1.93. The van der Waals surface area contributed by atoms with Gasteiger partial charge in [-0.15, -0.1) is 11.3 Å². The van der Waals surface area contributed by atoms with Gasteiger partial charge in [-0.1, -0.05) is 35.9 Å². The topological polar surface area (TPSA) is 32.3 Å². The number of hydrogen-bond acceptors (Lipinski definition) is 3. The van der Waals surface area contributed by atoms with Gasteiger partial charge in [0.25, 0.3) is 0 Å². The van der Waals surface area contributed by atoms with Crippen LogP contribution in [0.4, 0.5) is 0 Å². The van der Waals surface area contributed by atoms with Crippen LogP contribution < -0.4 is 5.32 Å². The fraction of sp³-hybridized carbons (Fsp3) is 0.286. The molecule has 2 nitrogen and oxygen atoms in total. The Hall–Kier alpha value is -0.870. The second kappa shape index (κ2) is 6.34. The number of halogens is 1. The van der Waals surface area contributed by atoms with Gasteiger partial charge < -0.3 is 10.4 Å². The lowest BCUT2D eigenvalue weighted by Gasteiger charge is -2.17. The van der Waals surface area contributed by atoms with Crippen molar-refractivity contribution in [3.63, 3.8) is 0 Å². The molecule has 1 aromatic carbocycles. The van der Waals surface area contributed by atoms with Gasteiger partial charge in [-0.2, -0.15) is 0 Å². The minimum atomic E-state index is -0.582. The Labute approximate surface area is 116 Å². The van der Waals surface area contributed by atoms with Crippen molar-refractivity contribution >= 4 is 22.9 Å². The molecule has 2 rings (SSSR count). The van der Waals surface area contributed by atoms with Gasteiger partial charge in [0.1, 0.15) is 0 Å². The molecule has 18 heavy (non-hydrogen) atoms. The Morgan fingerprint density at radius 1 is 1.28 bits per heavy atom. The van der Waals surface area contributed by atoms with Gasteiger partial charge in [0.2, 0.25) is 0 Å². The van der Waals surface area contributed by atoms with Gasteiger partial charge in [-0.25, -0.2) is 0 Å². The highest BCUT2D eigenvalue weighted by molar-refractivity contribution is 7.10. The van der Waals surface area contributed by atoms with Crippen LogP contribution >= 0.6 is 22.9 Å². The maximum Gasteiger partial charge on any atom is 0.0928 e. The lowest BCUT2D eigenvalue weighted by molar-refractivity contribution is 0.171. The molecule has 2 N–H and O–H groups in total. The normalized spacial score (nSPS) is 14.4. The molecular formula is C14H16ClNOS. The summed E-state index contributed by atoms with van der Waals surface area (Å²) < 4.78 is 0. The van der Waals surface area contributed by atoms with Gasteiger partial charge in [-0.3, -0.25) is 0 Å². The van der Waals surface area contributed by atoms with Crippen molar-refractivity contribution < 1.29 is 5.11 Å². The van der Waals surface area contributed by atoms with Gasteiger partial charge in [0.15, 0.2) is 0 Å². The van der Waals surface area contributed by atoms with Gasteiger partial charge >= 0.3 is 0 Å². The fourth-order valence-electron chi connectivity index (χ4n) is 1.78. The molecule has 1 aromatic heterocycles. The van der Waals surface area contributed by atoms with Crippen molar-refractivity contribution in [2.24, 2.45) is 0 Å². The summed E-state index contributed by atoms with van der Waals surface area (Å²) in [4.78, 5) is 1.27. The van der Waals surface area contributed by atoms with Crippen LogP contribution in [-0.4, -0.2) is 11.7 Å². The van der Waals surface area contributed by atoms with E-state index in [-0.39, 0.29) is 6.04 Å². The molecule has 1 heterocycles. The molecule has 0 amide bonds. The van der Waals surface area contributed by atoms with Crippen molar-refractivity contribution in [3.05, 3.63) is 57.2 Å². The highest BCUT2D eigenvalue weighted by Gasteiger charge is 2.13. The molecule has 0 fully saturated rings. The third-order valence-corrected chi connectivity index (χ3v) is 4.25. The zero-order valence-corrected chi connectivity index (χ0v) is 11.7. The lowest BCUT2D eigenvalue weighted by Crippen LogP contribution is -2.24.